The highest BCUT2D eigenvalue weighted by Gasteiger charge is 2.40. The number of hydrogen-bond acceptors (Lipinski definition) is 6. The number of hydrogen-bond donors (Lipinski definition) is 0. The maximum atomic E-state index is 6.33. The SMILES string of the molecule is CC(C)C1OCCN1CCC[SiH]1O[SiH2]O[Si](C)(C)O[Si](C)(C)O1. The lowest BCUT2D eigenvalue weighted by molar-refractivity contribution is -0.00171. The molecule has 0 aromatic carbocycles. The maximum Gasteiger partial charge on any atom is 0.313 e. The predicted octanol–water partition coefficient (Wildman–Crippen LogP) is 1.39. The Hall–Kier alpha value is 0.628. The zero-order valence-corrected chi connectivity index (χ0v) is 20.0. The first-order valence-corrected chi connectivity index (χ1v) is 17.2. The summed E-state index contributed by atoms with van der Waals surface area (Å²) in [6.07, 6.45) is 1.37. The average molecular weight is 396 g/mol. The maximum absolute atomic E-state index is 6.33. The lowest BCUT2D eigenvalue weighted by Crippen LogP contribution is -2.55. The average Bonchev–Trinajstić information content (AvgIpc) is 2.83. The second-order valence-corrected chi connectivity index (χ2v) is 19.1. The molecule has 0 spiro atoms. The van der Waals surface area contributed by atoms with E-state index in [1.807, 2.05) is 0 Å². The first-order chi connectivity index (χ1) is 10.7. The van der Waals surface area contributed by atoms with Crippen LogP contribution in [0.5, 0.6) is 0 Å². The second kappa shape index (κ2) is 8.34. The summed E-state index contributed by atoms with van der Waals surface area (Å²) >= 11 is 0. The van der Waals surface area contributed by atoms with Crippen LogP contribution in [-0.2, 0) is 21.2 Å². The van der Waals surface area contributed by atoms with Crippen molar-refractivity contribution in [1.82, 2.24) is 4.90 Å². The molecule has 2 heterocycles. The van der Waals surface area contributed by atoms with E-state index in [0.29, 0.717) is 5.92 Å². The summed E-state index contributed by atoms with van der Waals surface area (Å²) in [5, 5.41) is 0. The van der Waals surface area contributed by atoms with E-state index in [0.717, 1.165) is 32.2 Å². The van der Waals surface area contributed by atoms with Gasteiger partial charge in [-0.3, -0.25) is 4.90 Å². The third kappa shape index (κ3) is 6.45. The normalized spacial score (nSPS) is 33.0. The van der Waals surface area contributed by atoms with E-state index in [2.05, 4.69) is 44.9 Å². The van der Waals surface area contributed by atoms with Gasteiger partial charge < -0.3 is 21.2 Å². The first-order valence-electron chi connectivity index (χ1n) is 8.68. The van der Waals surface area contributed by atoms with E-state index in [4.69, 9.17) is 21.2 Å². The lowest BCUT2D eigenvalue weighted by atomic mass is 10.2. The van der Waals surface area contributed by atoms with E-state index >= 15 is 0 Å². The smallest absolute Gasteiger partial charge is 0.313 e. The van der Waals surface area contributed by atoms with Crippen LogP contribution in [0.2, 0.25) is 32.2 Å². The summed E-state index contributed by atoms with van der Waals surface area (Å²) in [6, 6.07) is 1.03. The molecule has 2 saturated heterocycles. The van der Waals surface area contributed by atoms with Crippen LogP contribution in [0.15, 0.2) is 0 Å². The van der Waals surface area contributed by atoms with Crippen LogP contribution in [0.25, 0.3) is 0 Å². The van der Waals surface area contributed by atoms with Gasteiger partial charge in [-0.25, -0.2) is 0 Å². The molecular formula is C13H33NO5Si4. The Labute approximate surface area is 147 Å². The van der Waals surface area contributed by atoms with Gasteiger partial charge in [0.05, 0.1) is 6.61 Å². The highest BCUT2D eigenvalue weighted by atomic mass is 28.5. The molecule has 0 aliphatic carbocycles. The third-order valence-electron chi connectivity index (χ3n) is 4.05. The van der Waals surface area contributed by atoms with E-state index in [9.17, 15) is 0 Å². The lowest BCUT2D eigenvalue weighted by Gasteiger charge is -2.38. The molecule has 0 amide bonds. The van der Waals surface area contributed by atoms with Crippen molar-refractivity contribution in [3.8, 4) is 0 Å². The quantitative estimate of drug-likeness (QED) is 0.656. The van der Waals surface area contributed by atoms with Gasteiger partial charge in [-0.1, -0.05) is 13.8 Å². The molecule has 0 N–H and O–H groups in total. The van der Waals surface area contributed by atoms with Gasteiger partial charge in [0, 0.05) is 13.1 Å². The van der Waals surface area contributed by atoms with E-state index < -0.39 is 36.4 Å². The molecule has 0 saturated carbocycles. The van der Waals surface area contributed by atoms with Crippen molar-refractivity contribution < 1.29 is 21.2 Å². The first kappa shape index (κ1) is 19.9. The topological polar surface area (TPSA) is 49.4 Å². The Balaban J connectivity index is 1.79. The Bertz CT molecular complexity index is 385. The molecule has 2 rings (SSSR count). The van der Waals surface area contributed by atoms with Crippen molar-refractivity contribution in [2.45, 2.75) is 58.7 Å². The molecule has 23 heavy (non-hydrogen) atoms. The Morgan fingerprint density at radius 1 is 1.22 bits per heavy atom. The summed E-state index contributed by atoms with van der Waals surface area (Å²) in [5.41, 5.74) is 0. The molecule has 0 aromatic heterocycles. The Morgan fingerprint density at radius 2 is 1.96 bits per heavy atom. The van der Waals surface area contributed by atoms with Crippen LogP contribution >= 0.6 is 0 Å². The molecule has 0 aromatic rings. The second-order valence-electron chi connectivity index (χ2n) is 7.56. The molecule has 0 bridgehead atoms. The van der Waals surface area contributed by atoms with Gasteiger partial charge >= 0.3 is 26.4 Å². The van der Waals surface area contributed by atoms with Crippen molar-refractivity contribution in [3.05, 3.63) is 0 Å². The zero-order valence-electron chi connectivity index (χ0n) is 15.5. The fourth-order valence-corrected chi connectivity index (χ4v) is 17.1. The summed E-state index contributed by atoms with van der Waals surface area (Å²) in [6.45, 7) is 15.8. The molecule has 2 unspecified atom stereocenters. The minimum atomic E-state index is -2.13. The zero-order chi connectivity index (χ0) is 17.1. The van der Waals surface area contributed by atoms with E-state index in [-0.39, 0.29) is 6.23 Å². The molecule has 10 heteroatoms. The van der Waals surface area contributed by atoms with Crippen molar-refractivity contribution in [3.63, 3.8) is 0 Å². The summed E-state index contributed by atoms with van der Waals surface area (Å²) < 4.78 is 30.4. The van der Waals surface area contributed by atoms with Crippen molar-refractivity contribution in [1.29, 1.82) is 0 Å². The highest BCUT2D eigenvalue weighted by molar-refractivity contribution is 6.84. The van der Waals surface area contributed by atoms with Crippen LogP contribution in [-0.4, -0.2) is 67.2 Å². The molecule has 0 radical (unpaired) electrons. The van der Waals surface area contributed by atoms with E-state index in [1.165, 1.54) is 0 Å². The Morgan fingerprint density at radius 3 is 2.65 bits per heavy atom. The van der Waals surface area contributed by atoms with Crippen LogP contribution in [0.4, 0.5) is 0 Å². The van der Waals surface area contributed by atoms with Crippen LogP contribution < -0.4 is 0 Å². The monoisotopic (exact) mass is 395 g/mol. The summed E-state index contributed by atoms with van der Waals surface area (Å²) in [4.78, 5) is 2.45. The molecular weight excluding hydrogens is 362 g/mol. The molecule has 2 atom stereocenters. The van der Waals surface area contributed by atoms with Crippen molar-refractivity contribution in [2.75, 3.05) is 19.7 Å². The van der Waals surface area contributed by atoms with Gasteiger partial charge in [0.15, 0.2) is 0 Å². The number of nitrogens with zero attached hydrogens (tertiary/aromatic N) is 1. The fourth-order valence-electron chi connectivity index (χ4n) is 3.23. The molecule has 136 valence electrons. The van der Waals surface area contributed by atoms with Crippen LogP contribution in [0, 0.1) is 5.92 Å². The van der Waals surface area contributed by atoms with Crippen LogP contribution in [0.3, 0.4) is 0 Å². The minimum absolute atomic E-state index is 0.273. The molecule has 2 fully saturated rings. The van der Waals surface area contributed by atoms with Crippen LogP contribution in [0.1, 0.15) is 20.3 Å². The van der Waals surface area contributed by atoms with Gasteiger partial charge in [-0.05, 0) is 44.6 Å². The number of rotatable bonds is 5. The Kier molecular flexibility index (Phi) is 7.23. The summed E-state index contributed by atoms with van der Waals surface area (Å²) in [5.74, 6) is 0.538. The van der Waals surface area contributed by atoms with Crippen molar-refractivity contribution in [2.24, 2.45) is 5.92 Å². The molecule has 6 nitrogen and oxygen atoms in total. The number of ether oxygens (including phenoxy) is 1. The predicted molar refractivity (Wildman–Crippen MR) is 101 cm³/mol. The largest absolute Gasteiger partial charge is 0.422 e. The fraction of sp³-hybridized carbons (Fsp3) is 1.00. The van der Waals surface area contributed by atoms with Gasteiger partial charge in [-0.15, -0.1) is 0 Å². The minimum Gasteiger partial charge on any atom is -0.422 e. The summed E-state index contributed by atoms with van der Waals surface area (Å²) in [7, 11) is -6.79. The van der Waals surface area contributed by atoms with Gasteiger partial charge in [0.25, 0.3) is 10.0 Å². The van der Waals surface area contributed by atoms with Crippen molar-refractivity contribution >= 4 is 36.4 Å². The standard InChI is InChI=1S/C13H33NO5Si4/c1-12(2)13-14(9-10-15-13)8-7-11-21-16-20-17-22(3,4)19-23(5,6)18-21/h12-13,21H,7-11,20H2,1-6H3. The van der Waals surface area contributed by atoms with Gasteiger partial charge in [-0.2, -0.15) is 0 Å². The molecule has 2 aliphatic rings. The van der Waals surface area contributed by atoms with E-state index in [1.54, 1.807) is 0 Å². The van der Waals surface area contributed by atoms with Gasteiger partial charge in [0.1, 0.15) is 6.23 Å². The molecule has 2 aliphatic heterocycles. The highest BCUT2D eigenvalue weighted by Crippen LogP contribution is 2.23. The third-order valence-corrected chi connectivity index (χ3v) is 17.5. The van der Waals surface area contributed by atoms with Gasteiger partial charge in [0.2, 0.25) is 0 Å².